The van der Waals surface area contributed by atoms with E-state index in [0.29, 0.717) is 5.69 Å². The Morgan fingerprint density at radius 3 is 2.70 bits per heavy atom. The largest absolute Gasteiger partial charge is 0.437 e. The van der Waals surface area contributed by atoms with Crippen LogP contribution in [0.1, 0.15) is 6.42 Å². The topological polar surface area (TPSA) is 68.3 Å². The molecule has 2 fully saturated rings. The number of nitrogens with zero attached hydrogens (tertiary/aromatic N) is 2. The Morgan fingerprint density at radius 2 is 2.00 bits per heavy atom. The number of benzene rings is 1. The summed E-state index contributed by atoms with van der Waals surface area (Å²) in [5.74, 6) is -1.67. The molecule has 2 amide bonds. The van der Waals surface area contributed by atoms with Crippen molar-refractivity contribution in [2.24, 2.45) is 0 Å². The minimum absolute atomic E-state index is 0.0955. The number of hydrogen-bond donors (Lipinski definition) is 0. The summed E-state index contributed by atoms with van der Waals surface area (Å²) < 4.78 is 44.2. The van der Waals surface area contributed by atoms with Gasteiger partial charge in [-0.25, -0.2) is 0 Å². The molecule has 2 saturated heterocycles. The summed E-state index contributed by atoms with van der Waals surface area (Å²) in [7, 11) is 1.48. The van der Waals surface area contributed by atoms with E-state index < -0.39 is 17.6 Å². The second-order valence-corrected chi connectivity index (χ2v) is 6.64. The predicted molar refractivity (Wildman–Crippen MR) is 91.5 cm³/mol. The van der Waals surface area contributed by atoms with Crippen LogP contribution in [0.3, 0.4) is 0 Å². The van der Waals surface area contributed by atoms with Gasteiger partial charge in [-0.1, -0.05) is 18.2 Å². The fourth-order valence-corrected chi connectivity index (χ4v) is 3.30. The van der Waals surface area contributed by atoms with Crippen LogP contribution in [0.25, 0.3) is 0 Å². The monoisotopic (exact) mass is 384 g/mol. The molecular weight excluding hydrogens is 362 g/mol. The lowest BCUT2D eigenvalue weighted by molar-refractivity contribution is -0.293. The summed E-state index contributed by atoms with van der Waals surface area (Å²) >= 11 is 0. The van der Waals surface area contributed by atoms with Crippen LogP contribution in [0.5, 0.6) is 0 Å². The van der Waals surface area contributed by atoms with Gasteiger partial charge in [-0.05, 0) is 12.1 Å². The highest BCUT2D eigenvalue weighted by atomic mass is 19.3. The molecule has 2 heterocycles. The zero-order valence-electron chi connectivity index (χ0n) is 15.0. The molecule has 2 aliphatic heterocycles. The molecule has 27 heavy (non-hydrogen) atoms. The Bertz CT molecular complexity index is 688. The zero-order chi connectivity index (χ0) is 19.5. The first-order valence-electron chi connectivity index (χ1n) is 8.66. The van der Waals surface area contributed by atoms with E-state index in [1.54, 1.807) is 30.3 Å². The molecule has 1 unspecified atom stereocenters. The van der Waals surface area contributed by atoms with Gasteiger partial charge in [0.2, 0.25) is 5.91 Å². The molecule has 0 N–H and O–H groups in total. The number of anilines is 1. The molecule has 1 aromatic rings. The van der Waals surface area contributed by atoms with Gasteiger partial charge in [0.15, 0.2) is 0 Å². The number of ether oxygens (including phenoxy) is 3. The Kier molecular flexibility index (Phi) is 5.73. The van der Waals surface area contributed by atoms with Gasteiger partial charge in [-0.2, -0.15) is 8.78 Å². The molecule has 0 aliphatic carbocycles. The van der Waals surface area contributed by atoms with Gasteiger partial charge in [0, 0.05) is 19.3 Å². The third-order valence-electron chi connectivity index (χ3n) is 4.58. The molecule has 1 atom stereocenters. The van der Waals surface area contributed by atoms with Gasteiger partial charge in [0.05, 0.1) is 39.3 Å². The van der Waals surface area contributed by atoms with Gasteiger partial charge in [0.25, 0.3) is 0 Å². The highest BCUT2D eigenvalue weighted by molar-refractivity contribution is 5.98. The second-order valence-electron chi connectivity index (χ2n) is 6.64. The highest BCUT2D eigenvalue weighted by Crippen LogP contribution is 2.36. The third kappa shape index (κ3) is 4.26. The quantitative estimate of drug-likeness (QED) is 0.782. The minimum atomic E-state index is -4.01. The number of carbonyl (C=O) groups excluding carboxylic acids is 2. The molecule has 148 valence electrons. The molecule has 0 saturated carbocycles. The molecule has 3 rings (SSSR count). The SMILES string of the molecule is COCCC(=O)N1CCOCC2(C1)CN(c1ccccc1)C(=O)C(F)(F)O2. The number of para-hydroxylation sites is 1. The average Bonchev–Trinajstić information content (AvgIpc) is 2.86. The van der Waals surface area contributed by atoms with Crippen LogP contribution in [0, 0.1) is 0 Å². The van der Waals surface area contributed by atoms with Crippen molar-refractivity contribution < 1.29 is 32.6 Å². The van der Waals surface area contributed by atoms with Crippen LogP contribution in [0.15, 0.2) is 30.3 Å². The van der Waals surface area contributed by atoms with E-state index in [1.807, 2.05) is 0 Å². The Hall–Kier alpha value is -2.10. The van der Waals surface area contributed by atoms with Crippen molar-refractivity contribution in [1.82, 2.24) is 4.90 Å². The van der Waals surface area contributed by atoms with E-state index >= 15 is 0 Å². The van der Waals surface area contributed by atoms with Crippen molar-refractivity contribution >= 4 is 17.5 Å². The lowest BCUT2D eigenvalue weighted by Crippen LogP contribution is -2.66. The van der Waals surface area contributed by atoms with Crippen LogP contribution >= 0.6 is 0 Å². The Labute approximate surface area is 155 Å². The lowest BCUT2D eigenvalue weighted by Gasteiger charge is -2.45. The smallest absolute Gasteiger partial charge is 0.384 e. The van der Waals surface area contributed by atoms with Gasteiger partial charge in [-0.3, -0.25) is 14.3 Å². The third-order valence-corrected chi connectivity index (χ3v) is 4.58. The average molecular weight is 384 g/mol. The summed E-state index contributed by atoms with van der Waals surface area (Å²) in [5.41, 5.74) is -1.18. The Balaban J connectivity index is 1.87. The van der Waals surface area contributed by atoms with Crippen LogP contribution in [-0.2, 0) is 23.8 Å². The summed E-state index contributed by atoms with van der Waals surface area (Å²) in [6.07, 6.45) is -3.88. The van der Waals surface area contributed by atoms with Crippen molar-refractivity contribution in [1.29, 1.82) is 0 Å². The fraction of sp³-hybridized carbons (Fsp3) is 0.556. The molecule has 0 radical (unpaired) electrons. The van der Waals surface area contributed by atoms with Gasteiger partial charge < -0.3 is 19.3 Å². The fourth-order valence-electron chi connectivity index (χ4n) is 3.30. The maximum atomic E-state index is 14.4. The molecule has 7 nitrogen and oxygen atoms in total. The number of methoxy groups -OCH3 is 1. The number of amides is 2. The van der Waals surface area contributed by atoms with E-state index in [4.69, 9.17) is 14.2 Å². The molecule has 0 bridgehead atoms. The van der Waals surface area contributed by atoms with Gasteiger partial charge in [-0.15, -0.1) is 0 Å². The number of morpholine rings is 1. The van der Waals surface area contributed by atoms with Crippen molar-refractivity contribution in [3.05, 3.63) is 30.3 Å². The van der Waals surface area contributed by atoms with Crippen molar-refractivity contribution in [3.8, 4) is 0 Å². The number of hydrogen-bond acceptors (Lipinski definition) is 5. The highest BCUT2D eigenvalue weighted by Gasteiger charge is 2.58. The zero-order valence-corrected chi connectivity index (χ0v) is 15.0. The molecule has 0 aromatic heterocycles. The molecule has 1 aromatic carbocycles. The second kappa shape index (κ2) is 7.87. The van der Waals surface area contributed by atoms with Crippen molar-refractivity contribution in [2.75, 3.05) is 51.5 Å². The van der Waals surface area contributed by atoms with Crippen LogP contribution in [0.2, 0.25) is 0 Å². The van der Waals surface area contributed by atoms with E-state index in [1.165, 1.54) is 12.0 Å². The van der Waals surface area contributed by atoms with Gasteiger partial charge >= 0.3 is 12.0 Å². The summed E-state index contributed by atoms with van der Waals surface area (Å²) in [6, 6.07) is 8.20. The lowest BCUT2D eigenvalue weighted by atomic mass is 10.00. The first-order chi connectivity index (χ1) is 12.9. The minimum Gasteiger partial charge on any atom is -0.384 e. The molecule has 9 heteroatoms. The van der Waals surface area contributed by atoms with E-state index in [0.717, 1.165) is 4.90 Å². The maximum Gasteiger partial charge on any atom is 0.437 e. The molecule has 1 spiro atoms. The van der Waals surface area contributed by atoms with E-state index in [2.05, 4.69) is 0 Å². The van der Waals surface area contributed by atoms with Crippen molar-refractivity contribution in [2.45, 2.75) is 18.1 Å². The van der Waals surface area contributed by atoms with Crippen molar-refractivity contribution in [3.63, 3.8) is 0 Å². The number of halogens is 2. The number of carbonyl (C=O) groups is 2. The maximum absolute atomic E-state index is 14.4. The summed E-state index contributed by atoms with van der Waals surface area (Å²) in [4.78, 5) is 27.0. The van der Waals surface area contributed by atoms with Crippen LogP contribution < -0.4 is 4.90 Å². The first kappa shape index (κ1) is 19.7. The Morgan fingerprint density at radius 1 is 1.26 bits per heavy atom. The number of alkyl halides is 2. The molecule has 2 aliphatic rings. The summed E-state index contributed by atoms with van der Waals surface area (Å²) in [5, 5.41) is 0. The standard InChI is InChI=1S/C18H22F2N2O5/c1-25-9-7-15(23)21-8-10-26-13-17(11-21)12-22(14-5-3-2-4-6-14)16(24)18(19,20)27-17/h2-6H,7-13H2,1H3. The summed E-state index contributed by atoms with van der Waals surface area (Å²) in [6.45, 7) is 0.316. The predicted octanol–water partition coefficient (Wildman–Crippen LogP) is 1.28. The number of rotatable bonds is 4. The molecular formula is C18H22F2N2O5. The van der Waals surface area contributed by atoms with E-state index in [9.17, 15) is 18.4 Å². The van der Waals surface area contributed by atoms with Crippen LogP contribution in [-0.4, -0.2) is 75.0 Å². The first-order valence-corrected chi connectivity index (χ1v) is 8.66. The van der Waals surface area contributed by atoms with Crippen LogP contribution in [0.4, 0.5) is 14.5 Å². The normalized spacial score (nSPS) is 25.5. The van der Waals surface area contributed by atoms with E-state index in [-0.39, 0.29) is 51.8 Å². The van der Waals surface area contributed by atoms with Gasteiger partial charge in [0.1, 0.15) is 5.60 Å².